The fourth-order valence-electron chi connectivity index (χ4n) is 2.37. The van der Waals surface area contributed by atoms with E-state index in [2.05, 4.69) is 63.8 Å². The lowest BCUT2D eigenvalue weighted by molar-refractivity contribution is 0.976. The van der Waals surface area contributed by atoms with E-state index in [1.807, 2.05) is 0 Å². The summed E-state index contributed by atoms with van der Waals surface area (Å²) in [5, 5.41) is 0. The third kappa shape index (κ3) is 3.70. The molecule has 0 saturated heterocycles. The van der Waals surface area contributed by atoms with E-state index in [4.69, 9.17) is 0 Å². The number of aryl methyl sites for hydroxylation is 1. The van der Waals surface area contributed by atoms with Gasteiger partial charge < -0.3 is 0 Å². The van der Waals surface area contributed by atoms with Crippen LogP contribution in [0.3, 0.4) is 0 Å². The van der Waals surface area contributed by atoms with Crippen LogP contribution in [0.25, 0.3) is 0 Å². The molecule has 0 N–H and O–H groups in total. The maximum Gasteiger partial charge on any atom is -0.00262 e. The Labute approximate surface area is 117 Å². The second-order valence-corrected chi connectivity index (χ2v) is 5.61. The van der Waals surface area contributed by atoms with Crippen LogP contribution >= 0.6 is 0 Å². The highest BCUT2D eigenvalue weighted by Gasteiger charge is 2.27. The lowest BCUT2D eigenvalue weighted by Crippen LogP contribution is -1.98. The second-order valence-electron chi connectivity index (χ2n) is 5.61. The van der Waals surface area contributed by atoms with Gasteiger partial charge in [-0.3, -0.25) is 0 Å². The molecule has 0 aliphatic heterocycles. The second kappa shape index (κ2) is 6.06. The van der Waals surface area contributed by atoms with Crippen LogP contribution < -0.4 is 0 Å². The van der Waals surface area contributed by atoms with Crippen molar-refractivity contribution in [2.45, 2.75) is 40.0 Å². The zero-order chi connectivity index (χ0) is 13.8. The van der Waals surface area contributed by atoms with Crippen molar-refractivity contribution in [2.24, 2.45) is 5.92 Å². The van der Waals surface area contributed by atoms with Gasteiger partial charge in [-0.2, -0.15) is 0 Å². The molecule has 1 aromatic rings. The average molecular weight is 252 g/mol. The van der Waals surface area contributed by atoms with Gasteiger partial charge in [-0.05, 0) is 68.2 Å². The zero-order valence-corrected chi connectivity index (χ0v) is 12.4. The van der Waals surface area contributed by atoms with E-state index >= 15 is 0 Å². The average Bonchev–Trinajstić information content (AvgIpc) is 3.22. The summed E-state index contributed by atoms with van der Waals surface area (Å²) < 4.78 is 0. The molecule has 0 heteroatoms. The topological polar surface area (TPSA) is 0 Å². The van der Waals surface area contributed by atoms with E-state index in [0.29, 0.717) is 0 Å². The maximum atomic E-state index is 4.34. The SMILES string of the molecule is C=C(Cc1ccccc1C)/C(=C\C(C)=C/C)C1CC1. The number of hydrogen-bond acceptors (Lipinski definition) is 0. The molecular formula is C19H24. The van der Waals surface area contributed by atoms with E-state index in [9.17, 15) is 0 Å². The van der Waals surface area contributed by atoms with Crippen molar-refractivity contribution >= 4 is 0 Å². The van der Waals surface area contributed by atoms with Crippen molar-refractivity contribution in [3.05, 3.63) is 70.8 Å². The Bertz CT molecular complexity index is 525. The molecule has 2 rings (SSSR count). The van der Waals surface area contributed by atoms with Crippen LogP contribution in [0.15, 0.2) is 59.7 Å². The Kier molecular flexibility index (Phi) is 4.42. The predicted octanol–water partition coefficient (Wildman–Crippen LogP) is 5.40. The molecule has 0 spiro atoms. The summed E-state index contributed by atoms with van der Waals surface area (Å²) in [6.45, 7) is 10.8. The molecule has 100 valence electrons. The Morgan fingerprint density at radius 2 is 2.00 bits per heavy atom. The minimum absolute atomic E-state index is 0.756. The number of allylic oxidation sites excluding steroid dienone is 5. The molecule has 1 aliphatic rings. The van der Waals surface area contributed by atoms with E-state index in [1.54, 1.807) is 0 Å². The van der Waals surface area contributed by atoms with E-state index in [1.165, 1.54) is 40.7 Å². The minimum Gasteiger partial charge on any atom is -0.0952 e. The van der Waals surface area contributed by atoms with Crippen molar-refractivity contribution in [3.8, 4) is 0 Å². The van der Waals surface area contributed by atoms with Crippen molar-refractivity contribution in [1.29, 1.82) is 0 Å². The first-order valence-electron chi connectivity index (χ1n) is 7.19. The molecule has 19 heavy (non-hydrogen) atoms. The third-order valence-corrected chi connectivity index (χ3v) is 3.93. The first-order chi connectivity index (χ1) is 9.11. The van der Waals surface area contributed by atoms with Gasteiger partial charge in [-0.1, -0.05) is 48.6 Å². The first-order valence-corrected chi connectivity index (χ1v) is 7.19. The smallest absolute Gasteiger partial charge is 0.00262 e. The first kappa shape index (κ1) is 13.9. The number of hydrogen-bond donors (Lipinski definition) is 0. The van der Waals surface area contributed by atoms with Crippen LogP contribution in [0.4, 0.5) is 0 Å². The Hall–Kier alpha value is -1.56. The van der Waals surface area contributed by atoms with Gasteiger partial charge in [0, 0.05) is 0 Å². The summed E-state index contributed by atoms with van der Waals surface area (Å²) in [7, 11) is 0. The molecule has 0 nitrogen and oxygen atoms in total. The molecule has 0 radical (unpaired) electrons. The lowest BCUT2D eigenvalue weighted by Gasteiger charge is -2.12. The van der Waals surface area contributed by atoms with Crippen molar-refractivity contribution in [2.75, 3.05) is 0 Å². The normalized spacial score (nSPS) is 16.6. The van der Waals surface area contributed by atoms with Crippen LogP contribution in [0.1, 0.15) is 37.8 Å². The highest BCUT2D eigenvalue weighted by atomic mass is 14.3. The van der Waals surface area contributed by atoms with Gasteiger partial charge in [0.05, 0.1) is 0 Å². The van der Waals surface area contributed by atoms with E-state index in [0.717, 1.165) is 12.3 Å². The number of rotatable bonds is 5. The molecule has 0 amide bonds. The predicted molar refractivity (Wildman–Crippen MR) is 84.3 cm³/mol. The van der Waals surface area contributed by atoms with Crippen molar-refractivity contribution < 1.29 is 0 Å². The summed E-state index contributed by atoms with van der Waals surface area (Å²) in [6, 6.07) is 8.62. The molecule has 0 atom stereocenters. The Morgan fingerprint density at radius 3 is 2.58 bits per heavy atom. The molecule has 0 heterocycles. The van der Waals surface area contributed by atoms with Crippen LogP contribution in [0, 0.1) is 12.8 Å². The summed E-state index contributed by atoms with van der Waals surface area (Å²) in [6.07, 6.45) is 8.14. The van der Waals surface area contributed by atoms with E-state index in [-0.39, 0.29) is 0 Å². The fourth-order valence-corrected chi connectivity index (χ4v) is 2.37. The molecule has 1 fully saturated rings. The molecular weight excluding hydrogens is 228 g/mol. The zero-order valence-electron chi connectivity index (χ0n) is 12.4. The Morgan fingerprint density at radius 1 is 1.32 bits per heavy atom. The van der Waals surface area contributed by atoms with Crippen LogP contribution in [0.5, 0.6) is 0 Å². The van der Waals surface area contributed by atoms with Crippen molar-refractivity contribution in [3.63, 3.8) is 0 Å². The third-order valence-electron chi connectivity index (χ3n) is 3.93. The largest absolute Gasteiger partial charge is 0.0952 e. The van der Waals surface area contributed by atoms with Crippen LogP contribution in [0.2, 0.25) is 0 Å². The van der Waals surface area contributed by atoms with Gasteiger partial charge in [0.2, 0.25) is 0 Å². The monoisotopic (exact) mass is 252 g/mol. The lowest BCUT2D eigenvalue weighted by atomic mass is 9.93. The van der Waals surface area contributed by atoms with Gasteiger partial charge in [0.25, 0.3) is 0 Å². The molecule has 0 bridgehead atoms. The Balaban J connectivity index is 2.17. The van der Waals surface area contributed by atoms with Crippen LogP contribution in [-0.4, -0.2) is 0 Å². The molecule has 0 aromatic heterocycles. The quantitative estimate of drug-likeness (QED) is 0.616. The van der Waals surface area contributed by atoms with Gasteiger partial charge >= 0.3 is 0 Å². The molecule has 1 saturated carbocycles. The van der Waals surface area contributed by atoms with Gasteiger partial charge in [0.15, 0.2) is 0 Å². The summed E-state index contributed by atoms with van der Waals surface area (Å²) >= 11 is 0. The molecule has 0 unspecified atom stereocenters. The fraction of sp³-hybridized carbons (Fsp3) is 0.368. The van der Waals surface area contributed by atoms with Gasteiger partial charge in [-0.25, -0.2) is 0 Å². The molecule has 1 aromatic carbocycles. The van der Waals surface area contributed by atoms with Gasteiger partial charge in [-0.15, -0.1) is 0 Å². The minimum atomic E-state index is 0.756. The van der Waals surface area contributed by atoms with Crippen molar-refractivity contribution in [1.82, 2.24) is 0 Å². The highest BCUT2D eigenvalue weighted by Crippen LogP contribution is 2.41. The maximum absolute atomic E-state index is 4.34. The summed E-state index contributed by atoms with van der Waals surface area (Å²) in [5.41, 5.74) is 6.86. The van der Waals surface area contributed by atoms with Gasteiger partial charge in [0.1, 0.15) is 0 Å². The number of benzene rings is 1. The highest BCUT2D eigenvalue weighted by molar-refractivity contribution is 5.42. The standard InChI is InChI=1S/C19H24/c1-5-14(2)12-19(17-10-11-17)16(4)13-18-9-7-6-8-15(18)3/h5-9,12,17H,4,10-11,13H2,1-3H3/b14-5-,19-12+. The van der Waals surface area contributed by atoms with E-state index < -0.39 is 0 Å². The molecule has 1 aliphatic carbocycles. The summed E-state index contributed by atoms with van der Waals surface area (Å²) in [4.78, 5) is 0. The summed E-state index contributed by atoms with van der Waals surface area (Å²) in [5.74, 6) is 0.756. The van der Waals surface area contributed by atoms with Crippen LogP contribution in [-0.2, 0) is 6.42 Å².